The van der Waals surface area contributed by atoms with E-state index in [1.807, 2.05) is 0 Å². The van der Waals surface area contributed by atoms with Crippen LogP contribution in [0.15, 0.2) is 47.4 Å². The van der Waals surface area contributed by atoms with Crippen LogP contribution >= 0.6 is 35.0 Å². The fraction of sp³-hybridized carbons (Fsp3) is 0.0714. The molecular weight excluding hydrogens is 306 g/mol. The average molecular weight is 315 g/mol. The number of halogens is 3. The van der Waals surface area contributed by atoms with Crippen LogP contribution in [-0.4, -0.2) is 11.5 Å². The summed E-state index contributed by atoms with van der Waals surface area (Å²) in [5, 5.41) is 0.899. The van der Waals surface area contributed by atoms with Crippen LogP contribution in [0.1, 0.15) is 10.4 Å². The molecule has 0 aliphatic rings. The molecule has 2 aromatic rings. The molecule has 0 N–H and O–H groups in total. The summed E-state index contributed by atoms with van der Waals surface area (Å²) in [6, 6.07) is 11.1. The highest BCUT2D eigenvalue weighted by Crippen LogP contribution is 2.28. The monoisotopic (exact) mass is 314 g/mol. The van der Waals surface area contributed by atoms with Crippen LogP contribution in [0.3, 0.4) is 0 Å². The summed E-state index contributed by atoms with van der Waals surface area (Å²) < 4.78 is 13.4. The van der Waals surface area contributed by atoms with E-state index in [0.29, 0.717) is 10.0 Å². The van der Waals surface area contributed by atoms with Crippen LogP contribution in [0, 0.1) is 5.82 Å². The number of rotatable bonds is 4. The molecule has 0 heterocycles. The van der Waals surface area contributed by atoms with E-state index >= 15 is 0 Å². The van der Waals surface area contributed by atoms with E-state index in [0.717, 1.165) is 4.90 Å². The molecule has 0 fully saturated rings. The lowest BCUT2D eigenvalue weighted by Gasteiger charge is -2.04. The second kappa shape index (κ2) is 6.42. The molecule has 98 valence electrons. The van der Waals surface area contributed by atoms with Gasteiger partial charge in [-0.25, -0.2) is 4.39 Å². The Morgan fingerprint density at radius 2 is 1.84 bits per heavy atom. The molecule has 19 heavy (non-hydrogen) atoms. The lowest BCUT2D eigenvalue weighted by molar-refractivity contribution is 0.101. The lowest BCUT2D eigenvalue weighted by atomic mass is 10.1. The van der Waals surface area contributed by atoms with E-state index in [2.05, 4.69) is 0 Å². The van der Waals surface area contributed by atoms with E-state index in [1.54, 1.807) is 30.3 Å². The first-order valence-corrected chi connectivity index (χ1v) is 7.17. The van der Waals surface area contributed by atoms with Crippen molar-refractivity contribution in [3.05, 3.63) is 63.9 Å². The van der Waals surface area contributed by atoms with Gasteiger partial charge in [0.2, 0.25) is 0 Å². The zero-order valence-electron chi connectivity index (χ0n) is 9.70. The Balaban J connectivity index is 2.04. The standard InChI is InChI=1S/C14H9Cl2FOS/c15-11-6-5-9(7-12(11)16)19-8-14(18)10-3-1-2-4-13(10)17/h1-7H,8H2. The molecule has 0 spiro atoms. The van der Waals surface area contributed by atoms with Crippen molar-refractivity contribution in [2.75, 3.05) is 5.75 Å². The summed E-state index contributed by atoms with van der Waals surface area (Å²) in [6.07, 6.45) is 0. The van der Waals surface area contributed by atoms with Crippen molar-refractivity contribution in [1.82, 2.24) is 0 Å². The average Bonchev–Trinajstić information content (AvgIpc) is 2.40. The zero-order chi connectivity index (χ0) is 13.8. The maximum Gasteiger partial charge on any atom is 0.176 e. The number of hydrogen-bond acceptors (Lipinski definition) is 2. The van der Waals surface area contributed by atoms with Crippen LogP contribution in [0.25, 0.3) is 0 Å². The Morgan fingerprint density at radius 3 is 2.53 bits per heavy atom. The first kappa shape index (κ1) is 14.4. The van der Waals surface area contributed by atoms with Crippen molar-refractivity contribution in [2.45, 2.75) is 4.90 Å². The summed E-state index contributed by atoms with van der Waals surface area (Å²) in [4.78, 5) is 12.7. The van der Waals surface area contributed by atoms with Crippen molar-refractivity contribution in [3.8, 4) is 0 Å². The van der Waals surface area contributed by atoms with Crippen molar-refractivity contribution in [2.24, 2.45) is 0 Å². The molecule has 1 nitrogen and oxygen atoms in total. The van der Waals surface area contributed by atoms with Gasteiger partial charge in [-0.2, -0.15) is 0 Å². The van der Waals surface area contributed by atoms with Gasteiger partial charge in [0.15, 0.2) is 5.78 Å². The Kier molecular flexibility index (Phi) is 4.86. The number of carbonyl (C=O) groups excluding carboxylic acids is 1. The first-order chi connectivity index (χ1) is 9.08. The number of carbonyl (C=O) groups is 1. The van der Waals surface area contributed by atoms with Gasteiger partial charge in [-0.1, -0.05) is 35.3 Å². The highest BCUT2D eigenvalue weighted by atomic mass is 35.5. The predicted octanol–water partition coefficient (Wildman–Crippen LogP) is 5.11. The van der Waals surface area contributed by atoms with Gasteiger partial charge in [0.05, 0.1) is 21.4 Å². The Hall–Kier alpha value is -1.03. The van der Waals surface area contributed by atoms with Gasteiger partial charge >= 0.3 is 0 Å². The van der Waals surface area contributed by atoms with Gasteiger partial charge in [0.25, 0.3) is 0 Å². The molecule has 0 aromatic heterocycles. The minimum atomic E-state index is -0.498. The molecule has 0 aliphatic heterocycles. The molecule has 0 atom stereocenters. The largest absolute Gasteiger partial charge is 0.293 e. The van der Waals surface area contributed by atoms with Crippen LogP contribution in [0.4, 0.5) is 4.39 Å². The zero-order valence-corrected chi connectivity index (χ0v) is 12.0. The normalized spacial score (nSPS) is 10.5. The van der Waals surface area contributed by atoms with E-state index in [1.165, 1.54) is 23.9 Å². The Morgan fingerprint density at radius 1 is 1.11 bits per heavy atom. The molecule has 0 aliphatic carbocycles. The molecule has 0 unspecified atom stereocenters. The third kappa shape index (κ3) is 3.72. The van der Waals surface area contributed by atoms with Gasteiger partial charge < -0.3 is 0 Å². The fourth-order valence-electron chi connectivity index (χ4n) is 1.48. The van der Waals surface area contributed by atoms with Gasteiger partial charge in [0.1, 0.15) is 5.82 Å². The molecule has 0 amide bonds. The SMILES string of the molecule is O=C(CSc1ccc(Cl)c(Cl)c1)c1ccccc1F. The van der Waals surface area contributed by atoms with E-state index in [4.69, 9.17) is 23.2 Å². The maximum absolute atomic E-state index is 13.4. The van der Waals surface area contributed by atoms with Crippen molar-refractivity contribution in [3.63, 3.8) is 0 Å². The van der Waals surface area contributed by atoms with Crippen molar-refractivity contribution < 1.29 is 9.18 Å². The van der Waals surface area contributed by atoms with E-state index < -0.39 is 5.82 Å². The summed E-state index contributed by atoms with van der Waals surface area (Å²) >= 11 is 13.0. The van der Waals surface area contributed by atoms with Crippen molar-refractivity contribution >= 4 is 40.7 Å². The molecule has 0 bridgehead atoms. The molecular formula is C14H9Cl2FOS. The quantitative estimate of drug-likeness (QED) is 0.576. The van der Waals surface area contributed by atoms with Gasteiger partial charge in [-0.3, -0.25) is 4.79 Å². The van der Waals surface area contributed by atoms with Crippen LogP contribution in [0.2, 0.25) is 10.0 Å². The topological polar surface area (TPSA) is 17.1 Å². The fourth-order valence-corrected chi connectivity index (χ4v) is 2.66. The second-order valence-corrected chi connectivity index (χ2v) is 5.63. The smallest absolute Gasteiger partial charge is 0.176 e. The maximum atomic E-state index is 13.4. The number of ketones is 1. The highest BCUT2D eigenvalue weighted by molar-refractivity contribution is 8.00. The van der Waals surface area contributed by atoms with E-state index in [9.17, 15) is 9.18 Å². The first-order valence-electron chi connectivity index (χ1n) is 5.43. The minimum Gasteiger partial charge on any atom is -0.293 e. The summed E-state index contributed by atoms with van der Waals surface area (Å²) in [6.45, 7) is 0. The highest BCUT2D eigenvalue weighted by Gasteiger charge is 2.11. The number of thioether (sulfide) groups is 1. The molecule has 5 heteroatoms. The Labute approximate surface area is 124 Å². The van der Waals surface area contributed by atoms with Crippen molar-refractivity contribution in [1.29, 1.82) is 0 Å². The molecule has 0 saturated carbocycles. The second-order valence-electron chi connectivity index (χ2n) is 3.77. The third-order valence-corrected chi connectivity index (χ3v) is 4.17. The minimum absolute atomic E-state index is 0.107. The molecule has 0 saturated heterocycles. The molecule has 2 rings (SSSR count). The van der Waals surface area contributed by atoms with Gasteiger partial charge in [-0.05, 0) is 30.3 Å². The lowest BCUT2D eigenvalue weighted by Crippen LogP contribution is -2.04. The van der Waals surface area contributed by atoms with Crippen LogP contribution in [0.5, 0.6) is 0 Å². The summed E-state index contributed by atoms with van der Waals surface area (Å²) in [5.74, 6) is -0.602. The number of hydrogen-bond donors (Lipinski definition) is 0. The third-order valence-electron chi connectivity index (χ3n) is 2.44. The summed E-state index contributed by atoms with van der Waals surface area (Å²) in [7, 11) is 0. The van der Waals surface area contributed by atoms with E-state index in [-0.39, 0.29) is 17.1 Å². The van der Waals surface area contributed by atoms with Gasteiger partial charge in [0, 0.05) is 4.90 Å². The summed E-state index contributed by atoms with van der Waals surface area (Å²) in [5.41, 5.74) is 0.107. The van der Waals surface area contributed by atoms with Gasteiger partial charge in [-0.15, -0.1) is 11.8 Å². The molecule has 0 radical (unpaired) electrons. The predicted molar refractivity (Wildman–Crippen MR) is 77.9 cm³/mol. The Bertz CT molecular complexity index is 616. The number of benzene rings is 2. The van der Waals surface area contributed by atoms with Crippen LogP contribution in [-0.2, 0) is 0 Å². The van der Waals surface area contributed by atoms with Crippen LogP contribution < -0.4 is 0 Å². The molecule has 2 aromatic carbocycles. The number of Topliss-reactive ketones (excluding diaryl/α,β-unsaturated/α-hetero) is 1.